The van der Waals surface area contributed by atoms with Crippen molar-refractivity contribution in [1.82, 2.24) is 15.0 Å². The first-order valence-electron chi connectivity index (χ1n) is 10.1. The average Bonchev–Trinajstić information content (AvgIpc) is 3.35. The number of benzene rings is 1. The number of piperidine rings is 1. The van der Waals surface area contributed by atoms with E-state index in [0.29, 0.717) is 49.0 Å². The lowest BCUT2D eigenvalue weighted by Crippen LogP contribution is -2.34. The summed E-state index contributed by atoms with van der Waals surface area (Å²) in [5.74, 6) is 0.272. The summed E-state index contributed by atoms with van der Waals surface area (Å²) in [5, 5.41) is 18.9. The molecular formula is C20H22FN7O3. The van der Waals surface area contributed by atoms with E-state index in [4.69, 9.17) is 10.00 Å². The number of carbonyl (C=O) groups excluding carboxylic acids is 2. The number of nitrogens with one attached hydrogen (secondary N) is 1. The smallest absolute Gasteiger partial charge is 0.414 e. The Bertz CT molecular complexity index is 997. The molecule has 4 rings (SSSR count). The van der Waals surface area contributed by atoms with Crippen LogP contribution >= 0.6 is 0 Å². The molecule has 1 atom stereocenters. The van der Waals surface area contributed by atoms with Crippen molar-refractivity contribution in [1.29, 1.82) is 5.26 Å². The Morgan fingerprint density at radius 2 is 2.16 bits per heavy atom. The second kappa shape index (κ2) is 8.99. The molecule has 2 amide bonds. The number of hydrogen-bond acceptors (Lipinski definition) is 7. The first-order chi connectivity index (χ1) is 15.1. The third-order valence-corrected chi connectivity index (χ3v) is 5.59. The molecular weight excluding hydrogens is 405 g/mol. The molecule has 162 valence electrons. The molecule has 2 aliphatic rings. The van der Waals surface area contributed by atoms with E-state index in [0.717, 1.165) is 12.8 Å². The van der Waals surface area contributed by atoms with Gasteiger partial charge in [0.2, 0.25) is 6.41 Å². The maximum absolute atomic E-state index is 14.8. The fourth-order valence-electron chi connectivity index (χ4n) is 3.98. The summed E-state index contributed by atoms with van der Waals surface area (Å²) in [4.78, 5) is 26.1. The van der Waals surface area contributed by atoms with Crippen molar-refractivity contribution in [2.24, 2.45) is 5.92 Å². The summed E-state index contributed by atoms with van der Waals surface area (Å²) < 4.78 is 21.7. The minimum absolute atomic E-state index is 0.244. The zero-order chi connectivity index (χ0) is 21.8. The standard InChI is InChI=1S/C20H22FN7O3/c21-17-9-15(1-2-18(17)26-7-4-14(3-6-22)5-8-26)28-11-16(31-20(28)30)10-27-12-19(23-13-29)24-25-27/h1-2,9,12-14,16H,3-5,7-8,10-11H2,(H,23,29)/t16-/m1/s1. The van der Waals surface area contributed by atoms with E-state index < -0.39 is 18.0 Å². The summed E-state index contributed by atoms with van der Waals surface area (Å²) in [6.07, 6.45) is 3.25. The van der Waals surface area contributed by atoms with Crippen molar-refractivity contribution < 1.29 is 18.7 Å². The van der Waals surface area contributed by atoms with E-state index in [-0.39, 0.29) is 13.1 Å². The highest BCUT2D eigenvalue weighted by atomic mass is 19.1. The molecule has 0 aliphatic carbocycles. The van der Waals surface area contributed by atoms with Crippen LogP contribution in [-0.4, -0.2) is 53.2 Å². The minimum Gasteiger partial charge on any atom is -0.442 e. The molecule has 31 heavy (non-hydrogen) atoms. The van der Waals surface area contributed by atoms with Crippen molar-refractivity contribution in [2.45, 2.75) is 31.9 Å². The molecule has 2 aliphatic heterocycles. The van der Waals surface area contributed by atoms with Gasteiger partial charge in [-0.1, -0.05) is 5.21 Å². The predicted octanol–water partition coefficient (Wildman–Crippen LogP) is 2.14. The van der Waals surface area contributed by atoms with Crippen molar-refractivity contribution in [3.8, 4) is 6.07 Å². The number of amides is 2. The van der Waals surface area contributed by atoms with E-state index in [1.54, 1.807) is 12.1 Å². The predicted molar refractivity (Wildman–Crippen MR) is 109 cm³/mol. The van der Waals surface area contributed by atoms with Crippen LogP contribution in [0.15, 0.2) is 24.4 Å². The van der Waals surface area contributed by atoms with Gasteiger partial charge in [0.25, 0.3) is 0 Å². The number of nitriles is 1. The molecule has 1 aromatic heterocycles. The molecule has 10 nitrogen and oxygen atoms in total. The lowest BCUT2D eigenvalue weighted by atomic mass is 9.94. The van der Waals surface area contributed by atoms with Crippen LogP contribution in [0, 0.1) is 23.1 Å². The molecule has 3 heterocycles. The highest BCUT2D eigenvalue weighted by Crippen LogP contribution is 2.31. The van der Waals surface area contributed by atoms with E-state index in [1.807, 2.05) is 4.90 Å². The minimum atomic E-state index is -0.555. The van der Waals surface area contributed by atoms with Crippen molar-refractivity contribution >= 4 is 29.7 Å². The van der Waals surface area contributed by atoms with Crippen LogP contribution in [0.25, 0.3) is 0 Å². The summed E-state index contributed by atoms with van der Waals surface area (Å²) in [6.45, 7) is 1.91. The SMILES string of the molecule is N#CCC1CCN(c2ccc(N3C[C@@H](Cn4cc(NC=O)nn4)OC3=O)cc2F)CC1. The van der Waals surface area contributed by atoms with Crippen LogP contribution in [0.4, 0.5) is 26.4 Å². The van der Waals surface area contributed by atoms with Gasteiger partial charge in [-0.05, 0) is 37.0 Å². The monoisotopic (exact) mass is 427 g/mol. The summed E-state index contributed by atoms with van der Waals surface area (Å²) >= 11 is 0. The van der Waals surface area contributed by atoms with Crippen LogP contribution in [-0.2, 0) is 16.1 Å². The highest BCUT2D eigenvalue weighted by molar-refractivity contribution is 5.90. The van der Waals surface area contributed by atoms with E-state index in [1.165, 1.54) is 21.8 Å². The molecule has 11 heteroatoms. The Morgan fingerprint density at radius 3 is 2.87 bits per heavy atom. The number of cyclic esters (lactones) is 1. The van der Waals surface area contributed by atoms with Gasteiger partial charge in [-0.15, -0.1) is 5.10 Å². The molecule has 2 saturated heterocycles. The number of nitrogens with zero attached hydrogens (tertiary/aromatic N) is 6. The number of carbonyl (C=O) groups is 2. The highest BCUT2D eigenvalue weighted by Gasteiger charge is 2.33. The lowest BCUT2D eigenvalue weighted by Gasteiger charge is -2.33. The summed E-state index contributed by atoms with van der Waals surface area (Å²) in [5.41, 5.74) is 0.927. The van der Waals surface area contributed by atoms with Crippen molar-refractivity contribution in [2.75, 3.05) is 34.8 Å². The Balaban J connectivity index is 1.39. The lowest BCUT2D eigenvalue weighted by molar-refractivity contribution is -0.105. The Hall–Kier alpha value is -3.68. The number of aromatic nitrogens is 3. The first-order valence-corrected chi connectivity index (χ1v) is 10.1. The van der Waals surface area contributed by atoms with Crippen LogP contribution in [0.3, 0.4) is 0 Å². The van der Waals surface area contributed by atoms with E-state index in [2.05, 4.69) is 21.7 Å². The Kier molecular flexibility index (Phi) is 5.97. The first kappa shape index (κ1) is 20.6. The van der Waals surface area contributed by atoms with Gasteiger partial charge in [0.15, 0.2) is 5.82 Å². The average molecular weight is 427 g/mol. The maximum atomic E-state index is 14.8. The van der Waals surface area contributed by atoms with Gasteiger partial charge in [-0.2, -0.15) is 5.26 Å². The second-order valence-electron chi connectivity index (χ2n) is 7.63. The van der Waals surface area contributed by atoms with Gasteiger partial charge in [-0.3, -0.25) is 9.69 Å². The largest absolute Gasteiger partial charge is 0.442 e. The molecule has 2 fully saturated rings. The molecule has 0 bridgehead atoms. The van der Waals surface area contributed by atoms with Gasteiger partial charge in [-0.25, -0.2) is 13.9 Å². The number of hydrogen-bond donors (Lipinski definition) is 1. The number of halogens is 1. The topological polar surface area (TPSA) is 116 Å². The molecule has 0 unspecified atom stereocenters. The van der Waals surface area contributed by atoms with Gasteiger partial charge in [0.05, 0.1) is 36.7 Å². The quantitative estimate of drug-likeness (QED) is 0.673. The zero-order valence-electron chi connectivity index (χ0n) is 16.8. The van der Waals surface area contributed by atoms with Crippen LogP contribution in [0.5, 0.6) is 0 Å². The molecule has 1 N–H and O–H groups in total. The van der Waals surface area contributed by atoms with Crippen molar-refractivity contribution in [3.05, 3.63) is 30.2 Å². The van der Waals surface area contributed by atoms with Crippen molar-refractivity contribution in [3.63, 3.8) is 0 Å². The summed E-state index contributed by atoms with van der Waals surface area (Å²) in [7, 11) is 0. The third kappa shape index (κ3) is 4.58. The van der Waals surface area contributed by atoms with Crippen LogP contribution in [0.2, 0.25) is 0 Å². The Labute approximate surface area is 178 Å². The maximum Gasteiger partial charge on any atom is 0.414 e. The molecule has 0 spiro atoms. The van der Waals surface area contributed by atoms with Gasteiger partial charge >= 0.3 is 6.09 Å². The fraction of sp³-hybridized carbons (Fsp3) is 0.450. The molecule has 2 aromatic rings. The molecule has 1 aromatic carbocycles. The van der Waals surface area contributed by atoms with Crippen LogP contribution in [0.1, 0.15) is 19.3 Å². The van der Waals surface area contributed by atoms with E-state index in [9.17, 15) is 14.0 Å². The second-order valence-corrected chi connectivity index (χ2v) is 7.63. The van der Waals surface area contributed by atoms with Crippen LogP contribution < -0.4 is 15.1 Å². The van der Waals surface area contributed by atoms with Gasteiger partial charge in [0, 0.05) is 19.5 Å². The zero-order valence-corrected chi connectivity index (χ0v) is 16.8. The normalized spacial score (nSPS) is 19.2. The number of ether oxygens (including phenoxy) is 1. The number of anilines is 3. The molecule has 0 radical (unpaired) electrons. The summed E-state index contributed by atoms with van der Waals surface area (Å²) in [6, 6.07) is 6.95. The van der Waals surface area contributed by atoms with E-state index >= 15 is 0 Å². The van der Waals surface area contributed by atoms with Gasteiger partial charge in [0.1, 0.15) is 11.9 Å². The fourth-order valence-corrected chi connectivity index (χ4v) is 3.98. The number of rotatable bonds is 7. The Morgan fingerprint density at radius 1 is 1.35 bits per heavy atom. The van der Waals surface area contributed by atoms with Gasteiger partial charge < -0.3 is 15.0 Å². The third-order valence-electron chi connectivity index (χ3n) is 5.59. The molecule has 0 saturated carbocycles.